The molecule has 10 heteroatoms. The van der Waals surface area contributed by atoms with Gasteiger partial charge in [-0.1, -0.05) is 97.3 Å². The quantitative estimate of drug-likeness (QED) is 0.0664. The van der Waals surface area contributed by atoms with E-state index in [1.54, 1.807) is 49.4 Å². The molecule has 276 valence electrons. The van der Waals surface area contributed by atoms with Gasteiger partial charge in [-0.05, 0) is 92.6 Å². The van der Waals surface area contributed by atoms with Gasteiger partial charge in [0.15, 0.2) is 0 Å². The number of nitrogens with one attached hydrogen (secondary N) is 3. The molecule has 0 saturated carbocycles. The van der Waals surface area contributed by atoms with Gasteiger partial charge in [0.1, 0.15) is 15.9 Å². The lowest BCUT2D eigenvalue weighted by Crippen LogP contribution is -2.30. The van der Waals surface area contributed by atoms with Crippen molar-refractivity contribution in [1.82, 2.24) is 5.32 Å². The summed E-state index contributed by atoms with van der Waals surface area (Å²) >= 11 is 2.81. The Morgan fingerprint density at radius 3 is 2.28 bits per heavy atom. The number of rotatable bonds is 12. The molecular weight excluding hydrogens is 715 g/mol. The van der Waals surface area contributed by atoms with E-state index in [0.29, 0.717) is 21.8 Å². The zero-order chi connectivity index (χ0) is 37.9. The number of thiophene rings is 1. The standard InChI is InChI=1S/C44H43N3O5S2/c1-3-52-44(51)38-35-24-12-4-5-13-25-37(35)54-43(38)47-42(50)39(31-18-8-6-9-19-31)53-34-23-15-22-33(28-34)45-41(49)36(27-30-17-14-16-29(2)26-30)46-40(48)32-20-10-7-11-21-32/h6-11,14-23,26-28,39H,3-5,12-13,24-25H2,1-2H3,(H,45,49)(H,46,48)(H,47,50)/b36-27+. The number of fused-ring (bicyclic) bond motifs is 1. The lowest BCUT2D eigenvalue weighted by molar-refractivity contribution is -0.116. The molecule has 1 unspecified atom stereocenters. The number of hydrogen-bond donors (Lipinski definition) is 3. The summed E-state index contributed by atoms with van der Waals surface area (Å²) in [6, 6.07) is 33.1. The summed E-state index contributed by atoms with van der Waals surface area (Å²) < 4.78 is 5.48. The molecule has 3 N–H and O–H groups in total. The maximum absolute atomic E-state index is 14.3. The van der Waals surface area contributed by atoms with E-state index in [9.17, 15) is 19.2 Å². The van der Waals surface area contributed by atoms with Crippen molar-refractivity contribution < 1.29 is 23.9 Å². The van der Waals surface area contributed by atoms with Crippen molar-refractivity contribution in [3.63, 3.8) is 0 Å². The number of amides is 3. The largest absolute Gasteiger partial charge is 0.462 e. The molecule has 54 heavy (non-hydrogen) atoms. The third-order valence-electron chi connectivity index (χ3n) is 8.96. The second-order valence-electron chi connectivity index (χ2n) is 13.0. The molecule has 1 aliphatic carbocycles. The van der Waals surface area contributed by atoms with Crippen molar-refractivity contribution in [3.8, 4) is 0 Å². The van der Waals surface area contributed by atoms with Crippen LogP contribution in [0.2, 0.25) is 0 Å². The van der Waals surface area contributed by atoms with Gasteiger partial charge in [0.05, 0.1) is 12.2 Å². The Balaban J connectivity index is 1.25. The average molecular weight is 758 g/mol. The molecule has 5 aromatic rings. The number of hydrogen-bond acceptors (Lipinski definition) is 7. The molecule has 0 bridgehead atoms. The maximum Gasteiger partial charge on any atom is 0.341 e. The topological polar surface area (TPSA) is 114 Å². The first-order chi connectivity index (χ1) is 26.3. The minimum Gasteiger partial charge on any atom is -0.462 e. The Kier molecular flexibility index (Phi) is 13.1. The first-order valence-corrected chi connectivity index (χ1v) is 19.9. The number of thioether (sulfide) groups is 1. The lowest BCUT2D eigenvalue weighted by atomic mass is 9.96. The molecule has 1 atom stereocenters. The molecule has 1 aliphatic rings. The summed E-state index contributed by atoms with van der Waals surface area (Å²) in [6.45, 7) is 3.99. The Morgan fingerprint density at radius 1 is 0.815 bits per heavy atom. The van der Waals surface area contributed by atoms with Gasteiger partial charge in [0.2, 0.25) is 5.91 Å². The number of anilines is 2. The van der Waals surface area contributed by atoms with Crippen molar-refractivity contribution in [1.29, 1.82) is 0 Å². The molecule has 8 nitrogen and oxygen atoms in total. The number of aryl methyl sites for hydroxylation is 2. The first-order valence-electron chi connectivity index (χ1n) is 18.2. The molecule has 4 aromatic carbocycles. The van der Waals surface area contributed by atoms with Crippen molar-refractivity contribution in [2.75, 3.05) is 17.2 Å². The number of ether oxygens (including phenoxy) is 1. The molecule has 6 rings (SSSR count). The normalized spacial score (nSPS) is 13.4. The summed E-state index contributed by atoms with van der Waals surface area (Å²) in [7, 11) is 0. The van der Waals surface area contributed by atoms with Crippen molar-refractivity contribution in [3.05, 3.63) is 153 Å². The van der Waals surface area contributed by atoms with Gasteiger partial charge in [0.25, 0.3) is 11.8 Å². The summed E-state index contributed by atoms with van der Waals surface area (Å²) in [6.07, 6.45) is 7.58. The van der Waals surface area contributed by atoms with E-state index in [-0.39, 0.29) is 18.2 Å². The molecule has 0 radical (unpaired) electrons. The van der Waals surface area contributed by atoms with E-state index >= 15 is 0 Å². The van der Waals surface area contributed by atoms with Crippen LogP contribution >= 0.6 is 23.1 Å². The van der Waals surface area contributed by atoms with Gasteiger partial charge in [-0.3, -0.25) is 14.4 Å². The molecule has 0 spiro atoms. The monoisotopic (exact) mass is 757 g/mol. The van der Waals surface area contributed by atoms with Crippen LogP contribution in [0.15, 0.2) is 120 Å². The fraction of sp³-hybridized carbons (Fsp3) is 0.227. The van der Waals surface area contributed by atoms with E-state index in [4.69, 9.17) is 4.74 Å². The Morgan fingerprint density at radius 2 is 1.54 bits per heavy atom. The van der Waals surface area contributed by atoms with E-state index in [1.165, 1.54) is 23.1 Å². The van der Waals surface area contributed by atoms with Crippen LogP contribution in [-0.2, 0) is 27.2 Å². The third kappa shape index (κ3) is 9.94. The highest BCUT2D eigenvalue weighted by molar-refractivity contribution is 8.00. The van der Waals surface area contributed by atoms with Gasteiger partial charge >= 0.3 is 5.97 Å². The number of carbonyl (C=O) groups is 4. The van der Waals surface area contributed by atoms with E-state index in [0.717, 1.165) is 70.6 Å². The number of esters is 1. The number of carbonyl (C=O) groups excluding carboxylic acids is 4. The van der Waals surface area contributed by atoms with Crippen LogP contribution < -0.4 is 16.0 Å². The highest BCUT2D eigenvalue weighted by Crippen LogP contribution is 2.41. The summed E-state index contributed by atoms with van der Waals surface area (Å²) in [5.41, 5.74) is 5.03. The maximum atomic E-state index is 14.3. The van der Waals surface area contributed by atoms with Crippen LogP contribution in [-0.4, -0.2) is 30.3 Å². The van der Waals surface area contributed by atoms with Crippen LogP contribution in [0.5, 0.6) is 0 Å². The molecule has 3 amide bonds. The van der Waals surface area contributed by atoms with Crippen LogP contribution in [0.1, 0.15) is 85.7 Å². The predicted octanol–water partition coefficient (Wildman–Crippen LogP) is 9.77. The highest BCUT2D eigenvalue weighted by atomic mass is 32.2. The summed E-state index contributed by atoms with van der Waals surface area (Å²) in [4.78, 5) is 56.4. The molecule has 1 aromatic heterocycles. The fourth-order valence-electron chi connectivity index (χ4n) is 6.36. The van der Waals surface area contributed by atoms with Gasteiger partial charge in [-0.25, -0.2) is 4.79 Å². The SMILES string of the molecule is CCOC(=O)c1c(NC(=O)C(Sc2cccc(NC(=O)/C(=C\c3cccc(C)c3)NC(=O)c3ccccc3)c2)c2ccccc2)sc2c1CCCCCC2. The van der Waals surface area contributed by atoms with Crippen molar-refractivity contribution >= 4 is 63.6 Å². The zero-order valence-corrected chi connectivity index (χ0v) is 32.0. The minimum absolute atomic E-state index is 0.0801. The summed E-state index contributed by atoms with van der Waals surface area (Å²) in [5.74, 6) is -1.59. The van der Waals surface area contributed by atoms with Gasteiger partial charge < -0.3 is 20.7 Å². The average Bonchev–Trinajstić information content (AvgIpc) is 3.49. The Hall–Kier alpha value is -5.45. The molecule has 0 fully saturated rings. The van der Waals surface area contributed by atoms with Gasteiger partial charge in [-0.2, -0.15) is 0 Å². The highest BCUT2D eigenvalue weighted by Gasteiger charge is 2.29. The lowest BCUT2D eigenvalue weighted by Gasteiger charge is -2.18. The third-order valence-corrected chi connectivity index (χ3v) is 11.4. The predicted molar refractivity (Wildman–Crippen MR) is 218 cm³/mol. The number of benzene rings is 4. The summed E-state index contributed by atoms with van der Waals surface area (Å²) in [5, 5.41) is 8.71. The molecular formula is C44H43N3O5S2. The zero-order valence-electron chi connectivity index (χ0n) is 30.4. The second kappa shape index (κ2) is 18.5. The van der Waals surface area contributed by atoms with Crippen LogP contribution in [0.3, 0.4) is 0 Å². The van der Waals surface area contributed by atoms with Gasteiger partial charge in [-0.15, -0.1) is 23.1 Å². The van der Waals surface area contributed by atoms with Crippen molar-refractivity contribution in [2.45, 2.75) is 62.5 Å². The molecule has 0 saturated heterocycles. The van der Waals surface area contributed by atoms with Crippen LogP contribution in [0.4, 0.5) is 10.7 Å². The van der Waals surface area contributed by atoms with Crippen LogP contribution in [0, 0.1) is 6.92 Å². The van der Waals surface area contributed by atoms with E-state index < -0.39 is 23.0 Å². The van der Waals surface area contributed by atoms with E-state index in [2.05, 4.69) is 16.0 Å². The Bertz CT molecular complexity index is 2150. The molecule has 0 aliphatic heterocycles. The van der Waals surface area contributed by atoms with Gasteiger partial charge in [0, 0.05) is 21.0 Å². The Labute approximate surface area is 324 Å². The minimum atomic E-state index is -0.682. The van der Waals surface area contributed by atoms with E-state index in [1.807, 2.05) is 79.7 Å². The molecule has 1 heterocycles. The second-order valence-corrected chi connectivity index (χ2v) is 15.3. The van der Waals surface area contributed by atoms with Crippen molar-refractivity contribution in [2.24, 2.45) is 0 Å². The first kappa shape index (κ1) is 38.3. The van der Waals surface area contributed by atoms with Crippen LogP contribution in [0.25, 0.3) is 6.08 Å². The fourth-order valence-corrected chi connectivity index (χ4v) is 8.72. The smallest absolute Gasteiger partial charge is 0.341 e.